The van der Waals surface area contributed by atoms with Crippen molar-refractivity contribution in [1.82, 2.24) is 0 Å². The van der Waals surface area contributed by atoms with Crippen molar-refractivity contribution in [3.63, 3.8) is 0 Å². The van der Waals surface area contributed by atoms with Gasteiger partial charge < -0.3 is 20.7 Å². The van der Waals surface area contributed by atoms with Crippen LogP contribution in [0.3, 0.4) is 0 Å². The highest BCUT2D eigenvalue weighted by molar-refractivity contribution is 5.64. The zero-order valence-electron chi connectivity index (χ0n) is 11.4. The molecule has 4 N–H and O–H groups in total. The molecule has 0 saturated carbocycles. The van der Waals surface area contributed by atoms with E-state index in [9.17, 15) is 15.0 Å². The van der Waals surface area contributed by atoms with Gasteiger partial charge in [-0.05, 0) is 22.8 Å². The molecule has 0 aromatic heterocycles. The molecule has 2 rings (SSSR count). The predicted octanol–water partition coefficient (Wildman–Crippen LogP) is 2.11. The van der Waals surface area contributed by atoms with Gasteiger partial charge in [0.05, 0.1) is 0 Å². The number of aliphatic hydroxyl groups is 1. The van der Waals surface area contributed by atoms with Crippen LogP contribution in [-0.4, -0.2) is 22.9 Å². The van der Waals surface area contributed by atoms with Crippen molar-refractivity contribution in [2.45, 2.75) is 12.5 Å². The van der Waals surface area contributed by atoms with Crippen LogP contribution in [0, 0.1) is 0 Å². The van der Waals surface area contributed by atoms with Gasteiger partial charge in [-0.2, -0.15) is 0 Å². The van der Waals surface area contributed by atoms with Crippen molar-refractivity contribution in [2.75, 3.05) is 6.61 Å². The number of aromatic hydroxyl groups is 1. The molecule has 0 radical (unpaired) electrons. The first kappa shape index (κ1) is 14.9. The third-order valence-electron chi connectivity index (χ3n) is 3.17. The van der Waals surface area contributed by atoms with E-state index in [1.54, 1.807) is 24.3 Å². The van der Waals surface area contributed by atoms with Gasteiger partial charge in [0, 0.05) is 6.42 Å². The fraction of sp³-hybridized carbons (Fsp3) is 0.188. The number of hydrogen-bond acceptors (Lipinski definition) is 4. The molecular weight excluding hydrogens is 270 g/mol. The summed E-state index contributed by atoms with van der Waals surface area (Å²) < 4.78 is 4.63. The van der Waals surface area contributed by atoms with Crippen LogP contribution >= 0.6 is 0 Å². The Morgan fingerprint density at radius 2 is 1.71 bits per heavy atom. The topological polar surface area (TPSA) is 92.8 Å². The summed E-state index contributed by atoms with van der Waals surface area (Å²) in [6.07, 6.45) is -1.41. The summed E-state index contributed by atoms with van der Waals surface area (Å²) in [6.45, 7) is -0.201. The maximum absolute atomic E-state index is 10.6. The van der Waals surface area contributed by atoms with E-state index < -0.39 is 12.2 Å². The van der Waals surface area contributed by atoms with Crippen molar-refractivity contribution in [3.8, 4) is 5.75 Å². The van der Waals surface area contributed by atoms with Gasteiger partial charge in [-0.1, -0.05) is 42.5 Å². The van der Waals surface area contributed by atoms with Crippen LogP contribution in [0.25, 0.3) is 0 Å². The molecular formula is C16H17NO4. The van der Waals surface area contributed by atoms with E-state index in [4.69, 9.17) is 5.73 Å². The Morgan fingerprint density at radius 3 is 2.38 bits per heavy atom. The summed E-state index contributed by atoms with van der Waals surface area (Å²) in [7, 11) is 0. The maximum Gasteiger partial charge on any atom is 0.404 e. The maximum atomic E-state index is 10.6. The Labute approximate surface area is 122 Å². The SMILES string of the molecule is NC(=O)OCC(O)c1ccccc1Cc1ccccc1O. The number of aliphatic hydroxyl groups excluding tert-OH is 1. The molecule has 1 unspecified atom stereocenters. The van der Waals surface area contributed by atoms with Crippen LogP contribution in [0.15, 0.2) is 48.5 Å². The highest BCUT2D eigenvalue weighted by Gasteiger charge is 2.14. The zero-order chi connectivity index (χ0) is 15.2. The second-order valence-electron chi connectivity index (χ2n) is 4.65. The molecule has 0 bridgehead atoms. The number of phenols is 1. The number of nitrogens with two attached hydrogens (primary N) is 1. The third-order valence-corrected chi connectivity index (χ3v) is 3.17. The Hall–Kier alpha value is -2.53. The molecule has 0 aliphatic rings. The predicted molar refractivity (Wildman–Crippen MR) is 77.9 cm³/mol. The van der Waals surface area contributed by atoms with Gasteiger partial charge in [-0.3, -0.25) is 0 Å². The summed E-state index contributed by atoms with van der Waals surface area (Å²) in [6, 6.07) is 14.3. The number of amides is 1. The number of benzene rings is 2. The molecule has 21 heavy (non-hydrogen) atoms. The van der Waals surface area contributed by atoms with Crippen molar-refractivity contribution < 1.29 is 19.7 Å². The molecule has 0 saturated heterocycles. The summed E-state index contributed by atoms with van der Waals surface area (Å²) in [4.78, 5) is 10.6. The van der Waals surface area contributed by atoms with Gasteiger partial charge in [0.25, 0.3) is 0 Å². The summed E-state index contributed by atoms with van der Waals surface area (Å²) in [5.41, 5.74) is 7.14. The van der Waals surface area contributed by atoms with E-state index in [2.05, 4.69) is 4.74 Å². The molecule has 0 aliphatic carbocycles. The smallest absolute Gasteiger partial charge is 0.404 e. The van der Waals surface area contributed by atoms with Gasteiger partial charge in [-0.15, -0.1) is 0 Å². The first-order valence-electron chi connectivity index (χ1n) is 6.53. The van der Waals surface area contributed by atoms with E-state index in [1.807, 2.05) is 24.3 Å². The number of phenolic OH excluding ortho intramolecular Hbond substituents is 1. The lowest BCUT2D eigenvalue weighted by molar-refractivity contribution is 0.0724. The fourth-order valence-corrected chi connectivity index (χ4v) is 2.14. The van der Waals surface area contributed by atoms with Crippen LogP contribution in [0.5, 0.6) is 5.75 Å². The number of carbonyl (C=O) groups excluding carboxylic acids is 1. The van der Waals surface area contributed by atoms with Crippen molar-refractivity contribution in [1.29, 1.82) is 0 Å². The number of carbonyl (C=O) groups is 1. The van der Waals surface area contributed by atoms with Gasteiger partial charge in [0.15, 0.2) is 0 Å². The average Bonchev–Trinajstić information content (AvgIpc) is 2.47. The van der Waals surface area contributed by atoms with Crippen LogP contribution in [0.2, 0.25) is 0 Å². The molecule has 2 aromatic rings. The average molecular weight is 287 g/mol. The molecule has 0 spiro atoms. The third kappa shape index (κ3) is 3.97. The molecule has 1 amide bonds. The molecule has 2 aromatic carbocycles. The number of rotatable bonds is 5. The van der Waals surface area contributed by atoms with Crippen LogP contribution < -0.4 is 5.73 Å². The zero-order valence-corrected chi connectivity index (χ0v) is 11.4. The van der Waals surface area contributed by atoms with E-state index in [1.165, 1.54) is 0 Å². The minimum absolute atomic E-state index is 0.201. The number of ether oxygens (including phenoxy) is 1. The molecule has 0 fully saturated rings. The molecule has 110 valence electrons. The van der Waals surface area contributed by atoms with Crippen molar-refractivity contribution >= 4 is 6.09 Å². The van der Waals surface area contributed by atoms with Gasteiger partial charge >= 0.3 is 6.09 Å². The van der Waals surface area contributed by atoms with Crippen LogP contribution in [-0.2, 0) is 11.2 Å². The van der Waals surface area contributed by atoms with Gasteiger partial charge in [0.1, 0.15) is 18.5 Å². The summed E-state index contributed by atoms with van der Waals surface area (Å²) in [5.74, 6) is 0.204. The number of primary amides is 1. The molecule has 5 nitrogen and oxygen atoms in total. The second kappa shape index (κ2) is 6.76. The van der Waals surface area contributed by atoms with Crippen LogP contribution in [0.1, 0.15) is 22.8 Å². The van der Waals surface area contributed by atoms with Crippen LogP contribution in [0.4, 0.5) is 4.79 Å². The largest absolute Gasteiger partial charge is 0.508 e. The first-order valence-corrected chi connectivity index (χ1v) is 6.53. The molecule has 0 aliphatic heterocycles. The lowest BCUT2D eigenvalue weighted by atomic mass is 9.96. The minimum atomic E-state index is -0.959. The molecule has 1 atom stereocenters. The lowest BCUT2D eigenvalue weighted by Crippen LogP contribution is -2.18. The van der Waals surface area contributed by atoms with Gasteiger partial charge in [-0.25, -0.2) is 4.79 Å². The van der Waals surface area contributed by atoms with E-state index in [0.29, 0.717) is 12.0 Å². The summed E-state index contributed by atoms with van der Waals surface area (Å²) >= 11 is 0. The highest BCUT2D eigenvalue weighted by Crippen LogP contribution is 2.25. The normalized spacial score (nSPS) is 11.9. The molecule has 5 heteroatoms. The second-order valence-corrected chi connectivity index (χ2v) is 4.65. The standard InChI is InChI=1S/C16H17NO4/c17-16(20)21-10-15(19)13-7-3-1-5-11(13)9-12-6-2-4-8-14(12)18/h1-8,15,18-19H,9-10H2,(H2,17,20). The minimum Gasteiger partial charge on any atom is -0.508 e. The number of para-hydroxylation sites is 1. The van der Waals surface area contributed by atoms with E-state index in [0.717, 1.165) is 11.1 Å². The quantitative estimate of drug-likeness (QED) is 0.785. The van der Waals surface area contributed by atoms with E-state index in [-0.39, 0.29) is 12.4 Å². The highest BCUT2D eigenvalue weighted by atomic mass is 16.6. The summed E-state index contributed by atoms with van der Waals surface area (Å²) in [5, 5.41) is 19.9. The Morgan fingerprint density at radius 1 is 1.10 bits per heavy atom. The Bertz CT molecular complexity index is 627. The first-order chi connectivity index (χ1) is 10.1. The fourth-order valence-electron chi connectivity index (χ4n) is 2.14. The van der Waals surface area contributed by atoms with E-state index >= 15 is 0 Å². The monoisotopic (exact) mass is 287 g/mol. The van der Waals surface area contributed by atoms with Crippen molar-refractivity contribution in [3.05, 3.63) is 65.2 Å². The molecule has 0 heterocycles. The van der Waals surface area contributed by atoms with Crippen molar-refractivity contribution in [2.24, 2.45) is 5.73 Å². The Kier molecular flexibility index (Phi) is 4.79. The Balaban J connectivity index is 2.20. The van der Waals surface area contributed by atoms with Gasteiger partial charge in [0.2, 0.25) is 0 Å². The number of hydrogen-bond donors (Lipinski definition) is 3. The lowest BCUT2D eigenvalue weighted by Gasteiger charge is -2.15.